The quantitative estimate of drug-likeness (QED) is 0.486. The second kappa shape index (κ2) is 8.92. The lowest BCUT2D eigenvalue weighted by atomic mass is 9.99. The molecule has 1 aromatic carbocycles. The number of carbonyl (C=O) groups is 1. The van der Waals surface area contributed by atoms with Crippen LogP contribution in [0.15, 0.2) is 42.5 Å². The van der Waals surface area contributed by atoms with Crippen molar-refractivity contribution in [3.05, 3.63) is 48.1 Å². The van der Waals surface area contributed by atoms with Crippen LogP contribution in [-0.4, -0.2) is 36.2 Å². The average molecular weight is 369 g/mol. The number of nitrogens with zero attached hydrogens (tertiary/aromatic N) is 1. The normalized spacial score (nSPS) is 12.5. The number of hydrogen-bond acceptors (Lipinski definition) is 2. The van der Waals surface area contributed by atoms with Crippen LogP contribution in [0.1, 0.15) is 39.7 Å². The summed E-state index contributed by atoms with van der Waals surface area (Å²) in [5.41, 5.74) is 0.487. The smallest absolute Gasteiger partial charge is 0.393 e. The highest BCUT2D eigenvalue weighted by Gasteiger charge is 2.29. The standard InChI is InChI=1S/C20H26F3NO2/c1-13(2)24(14(3)4)19(25)18(10-15(5)12-20(21,22)23)16-8-7-9-17(11-16)26-6/h7-11,13-14H,5,12H2,1-4,6H3/b18-10+. The number of hydrogen-bond donors (Lipinski definition) is 0. The summed E-state index contributed by atoms with van der Waals surface area (Å²) in [6, 6.07) is 6.49. The van der Waals surface area contributed by atoms with Crippen LogP contribution in [0, 0.1) is 0 Å². The largest absolute Gasteiger partial charge is 0.497 e. The molecule has 0 unspecified atom stereocenters. The zero-order valence-electron chi connectivity index (χ0n) is 15.9. The molecule has 0 bridgehead atoms. The Kier molecular flexibility index (Phi) is 7.48. The van der Waals surface area contributed by atoms with Gasteiger partial charge in [0.2, 0.25) is 0 Å². The van der Waals surface area contributed by atoms with Gasteiger partial charge in [-0.05, 0) is 57.0 Å². The predicted molar refractivity (Wildman–Crippen MR) is 97.9 cm³/mol. The molecule has 1 rings (SSSR count). The molecule has 0 aliphatic carbocycles. The van der Waals surface area contributed by atoms with E-state index in [1.165, 1.54) is 13.2 Å². The van der Waals surface area contributed by atoms with E-state index in [2.05, 4.69) is 6.58 Å². The van der Waals surface area contributed by atoms with Crippen LogP contribution in [0.3, 0.4) is 0 Å². The molecule has 0 saturated carbocycles. The first kappa shape index (κ1) is 21.8. The van der Waals surface area contributed by atoms with Gasteiger partial charge in [-0.2, -0.15) is 13.2 Å². The second-order valence-electron chi connectivity index (χ2n) is 6.64. The van der Waals surface area contributed by atoms with Crippen molar-refractivity contribution < 1.29 is 22.7 Å². The van der Waals surface area contributed by atoms with Crippen LogP contribution >= 0.6 is 0 Å². The fraction of sp³-hybridized carbons (Fsp3) is 0.450. The maximum absolute atomic E-state index is 13.1. The summed E-state index contributed by atoms with van der Waals surface area (Å²) in [6.45, 7) is 10.9. The minimum absolute atomic E-state index is 0.104. The molecule has 0 spiro atoms. The van der Waals surface area contributed by atoms with Gasteiger partial charge in [-0.25, -0.2) is 0 Å². The van der Waals surface area contributed by atoms with E-state index < -0.39 is 12.6 Å². The first-order chi connectivity index (χ1) is 12.0. The third-order valence-electron chi connectivity index (χ3n) is 3.73. The monoisotopic (exact) mass is 369 g/mol. The molecular weight excluding hydrogens is 343 g/mol. The first-order valence-electron chi connectivity index (χ1n) is 8.39. The Morgan fingerprint density at radius 3 is 2.27 bits per heavy atom. The summed E-state index contributed by atoms with van der Waals surface area (Å²) in [5, 5.41) is 0. The Morgan fingerprint density at radius 1 is 1.23 bits per heavy atom. The van der Waals surface area contributed by atoms with Crippen LogP contribution in [0.2, 0.25) is 0 Å². The highest BCUT2D eigenvalue weighted by molar-refractivity contribution is 6.20. The molecule has 0 aliphatic rings. The Bertz CT molecular complexity index is 668. The molecule has 6 heteroatoms. The Hall–Kier alpha value is -2.24. The van der Waals surface area contributed by atoms with E-state index in [0.29, 0.717) is 11.3 Å². The van der Waals surface area contributed by atoms with Crippen LogP contribution in [-0.2, 0) is 4.79 Å². The summed E-state index contributed by atoms with van der Waals surface area (Å²) in [7, 11) is 1.49. The molecule has 0 fully saturated rings. The molecule has 1 aromatic rings. The van der Waals surface area contributed by atoms with Gasteiger partial charge in [0.05, 0.1) is 13.5 Å². The van der Waals surface area contributed by atoms with E-state index in [4.69, 9.17) is 4.74 Å². The zero-order valence-corrected chi connectivity index (χ0v) is 15.9. The van der Waals surface area contributed by atoms with Crippen LogP contribution < -0.4 is 4.74 Å². The van der Waals surface area contributed by atoms with Gasteiger partial charge in [-0.3, -0.25) is 4.79 Å². The summed E-state index contributed by atoms with van der Waals surface area (Å²) in [5.74, 6) is 0.176. The number of ether oxygens (including phenoxy) is 1. The molecule has 0 N–H and O–H groups in total. The molecule has 3 nitrogen and oxygen atoms in total. The highest BCUT2D eigenvalue weighted by Crippen LogP contribution is 2.29. The third kappa shape index (κ3) is 6.24. The van der Waals surface area contributed by atoms with Gasteiger partial charge in [0, 0.05) is 17.7 Å². The number of carbonyl (C=O) groups excluding carboxylic acids is 1. The van der Waals surface area contributed by atoms with Gasteiger partial charge in [-0.1, -0.05) is 18.7 Å². The van der Waals surface area contributed by atoms with Gasteiger partial charge in [0.15, 0.2) is 0 Å². The Labute approximate surface area is 153 Å². The zero-order chi connectivity index (χ0) is 20.1. The molecule has 0 saturated heterocycles. The van der Waals surface area contributed by atoms with Crippen LogP contribution in [0.5, 0.6) is 5.75 Å². The number of methoxy groups -OCH3 is 1. The van der Waals surface area contributed by atoms with Crippen molar-refractivity contribution in [3.63, 3.8) is 0 Å². The highest BCUT2D eigenvalue weighted by atomic mass is 19.4. The summed E-state index contributed by atoms with van der Waals surface area (Å²) >= 11 is 0. The minimum Gasteiger partial charge on any atom is -0.497 e. The average Bonchev–Trinajstić information content (AvgIpc) is 2.50. The van der Waals surface area contributed by atoms with Gasteiger partial charge in [0.1, 0.15) is 5.75 Å². The van der Waals surface area contributed by atoms with Crippen molar-refractivity contribution in [1.29, 1.82) is 0 Å². The molecular formula is C20H26F3NO2. The fourth-order valence-corrected chi connectivity index (χ4v) is 2.78. The maximum Gasteiger partial charge on any atom is 0.393 e. The molecule has 0 aliphatic heterocycles. The second-order valence-corrected chi connectivity index (χ2v) is 6.64. The number of allylic oxidation sites excluding steroid dienone is 2. The van der Waals surface area contributed by atoms with Crippen molar-refractivity contribution in [2.45, 2.75) is 52.4 Å². The molecule has 0 heterocycles. The minimum atomic E-state index is -4.38. The molecule has 26 heavy (non-hydrogen) atoms. The van der Waals surface area contributed by atoms with Gasteiger partial charge >= 0.3 is 6.18 Å². The predicted octanol–water partition coefficient (Wildman–Crippen LogP) is 5.23. The molecule has 0 aromatic heterocycles. The maximum atomic E-state index is 13.1. The number of halogens is 3. The summed E-state index contributed by atoms with van der Waals surface area (Å²) < 4.78 is 43.2. The lowest BCUT2D eigenvalue weighted by molar-refractivity contribution is -0.129. The van der Waals surface area contributed by atoms with Crippen molar-refractivity contribution in [2.75, 3.05) is 7.11 Å². The summed E-state index contributed by atoms with van der Waals surface area (Å²) in [6.07, 6.45) is -4.33. The molecule has 0 radical (unpaired) electrons. The van der Waals surface area contributed by atoms with Crippen molar-refractivity contribution in [3.8, 4) is 5.75 Å². The number of rotatable bonds is 7. The van der Waals surface area contributed by atoms with E-state index in [1.54, 1.807) is 29.2 Å². The lowest BCUT2D eigenvalue weighted by Crippen LogP contribution is -2.42. The fourth-order valence-electron chi connectivity index (χ4n) is 2.78. The van der Waals surface area contributed by atoms with Gasteiger partial charge in [0.25, 0.3) is 5.91 Å². The van der Waals surface area contributed by atoms with Crippen LogP contribution in [0.25, 0.3) is 5.57 Å². The lowest BCUT2D eigenvalue weighted by Gasteiger charge is -2.32. The number of amides is 1. The van der Waals surface area contributed by atoms with Crippen molar-refractivity contribution in [2.24, 2.45) is 0 Å². The van der Waals surface area contributed by atoms with Crippen molar-refractivity contribution in [1.82, 2.24) is 4.90 Å². The van der Waals surface area contributed by atoms with Gasteiger partial charge < -0.3 is 9.64 Å². The van der Waals surface area contributed by atoms with E-state index in [1.807, 2.05) is 27.7 Å². The van der Waals surface area contributed by atoms with E-state index >= 15 is 0 Å². The third-order valence-corrected chi connectivity index (χ3v) is 3.73. The first-order valence-corrected chi connectivity index (χ1v) is 8.39. The van der Waals surface area contributed by atoms with Gasteiger partial charge in [-0.15, -0.1) is 0 Å². The van der Waals surface area contributed by atoms with E-state index in [9.17, 15) is 18.0 Å². The van der Waals surface area contributed by atoms with Crippen LogP contribution in [0.4, 0.5) is 13.2 Å². The molecule has 144 valence electrons. The molecule has 0 atom stereocenters. The summed E-state index contributed by atoms with van der Waals surface area (Å²) in [4.78, 5) is 14.8. The topological polar surface area (TPSA) is 29.5 Å². The Balaban J connectivity index is 3.41. The van der Waals surface area contributed by atoms with Crippen molar-refractivity contribution >= 4 is 11.5 Å². The number of alkyl halides is 3. The van der Waals surface area contributed by atoms with E-state index in [-0.39, 0.29) is 29.1 Å². The Morgan fingerprint density at radius 2 is 1.81 bits per heavy atom. The SMILES string of the molecule is C=C(/C=C(/C(=O)N(C(C)C)C(C)C)c1cccc(OC)c1)CC(F)(F)F. The molecule has 1 amide bonds. The number of benzene rings is 1. The van der Waals surface area contributed by atoms with E-state index in [0.717, 1.165) is 0 Å².